The zero-order chi connectivity index (χ0) is 28.5. The standard InChI is InChI=1S/C25H33N6O8P/c1-15(24(34)37-17-10-11-27-12-17)30-40(35,39-16-6-4-3-5-7-16)36-13-25(2)22(33)20(32)21(38-25)18-8-9-19-23(26)28-14-29-31(18)19/h3-9,14-15,17,20-22,27,32-33H,10-13H2,1-2H3,(H,30,35)(H2,26,28,29)/t15-,17+,20-,21-,22-,25+,40?/m0/s1. The normalized spacial score (nSPS) is 28.8. The lowest BCUT2D eigenvalue weighted by Gasteiger charge is -2.30. The van der Waals surface area contributed by atoms with Gasteiger partial charge in [0, 0.05) is 6.54 Å². The largest absolute Gasteiger partial charge is 0.460 e. The number of fused-ring (bicyclic) bond motifs is 1. The summed E-state index contributed by atoms with van der Waals surface area (Å²) in [7, 11) is -4.24. The van der Waals surface area contributed by atoms with Crippen molar-refractivity contribution in [2.24, 2.45) is 0 Å². The zero-order valence-electron chi connectivity index (χ0n) is 22.0. The number of nitrogen functional groups attached to an aromatic ring is 1. The van der Waals surface area contributed by atoms with Crippen LogP contribution < -0.4 is 20.7 Å². The highest BCUT2D eigenvalue weighted by Crippen LogP contribution is 2.48. The maximum atomic E-state index is 13.9. The van der Waals surface area contributed by atoms with Gasteiger partial charge in [0.15, 0.2) is 5.82 Å². The number of anilines is 1. The Bertz CT molecular complexity index is 1390. The number of nitrogens with two attached hydrogens (primary N) is 1. The van der Waals surface area contributed by atoms with E-state index in [1.807, 2.05) is 0 Å². The van der Waals surface area contributed by atoms with Crippen LogP contribution in [0.25, 0.3) is 5.52 Å². The highest BCUT2D eigenvalue weighted by molar-refractivity contribution is 7.52. The number of ether oxygens (including phenoxy) is 2. The molecule has 3 aromatic rings. The van der Waals surface area contributed by atoms with Crippen molar-refractivity contribution in [2.75, 3.05) is 25.4 Å². The molecule has 6 N–H and O–H groups in total. The van der Waals surface area contributed by atoms with Gasteiger partial charge >= 0.3 is 13.7 Å². The molecule has 1 aromatic carbocycles. The van der Waals surface area contributed by atoms with Crippen molar-refractivity contribution >= 4 is 25.1 Å². The van der Waals surface area contributed by atoms with Crippen LogP contribution >= 0.6 is 7.75 Å². The summed E-state index contributed by atoms with van der Waals surface area (Å²) in [6, 6.07) is 10.6. The molecule has 0 bridgehead atoms. The Labute approximate surface area is 230 Å². The minimum Gasteiger partial charge on any atom is -0.460 e. The number of nitrogens with zero attached hydrogens (tertiary/aromatic N) is 3. The van der Waals surface area contributed by atoms with Crippen LogP contribution in [0.15, 0.2) is 48.8 Å². The van der Waals surface area contributed by atoms with E-state index in [2.05, 4.69) is 20.5 Å². The number of aliphatic hydroxyl groups is 2. The number of para-hydroxylation sites is 1. The summed E-state index contributed by atoms with van der Waals surface area (Å²) in [6.45, 7) is 3.82. The van der Waals surface area contributed by atoms with Crippen molar-refractivity contribution in [2.45, 2.75) is 56.3 Å². The van der Waals surface area contributed by atoms with Crippen LogP contribution in [0.2, 0.25) is 0 Å². The third-order valence-corrected chi connectivity index (χ3v) is 8.57. The van der Waals surface area contributed by atoms with Crippen LogP contribution in [0.1, 0.15) is 32.1 Å². The number of hydrogen-bond acceptors (Lipinski definition) is 12. The Hall–Kier alpha value is -3.10. The van der Waals surface area contributed by atoms with Gasteiger partial charge in [-0.1, -0.05) is 18.2 Å². The fourth-order valence-corrected chi connectivity index (χ4v) is 6.29. The predicted octanol–water partition coefficient (Wildman–Crippen LogP) is 0.950. The van der Waals surface area contributed by atoms with Gasteiger partial charge in [-0.25, -0.2) is 14.1 Å². The summed E-state index contributed by atoms with van der Waals surface area (Å²) in [6.07, 6.45) is -2.16. The molecule has 2 aliphatic heterocycles. The molecule has 1 unspecified atom stereocenters. The fraction of sp³-hybridized carbons (Fsp3) is 0.480. The molecule has 2 saturated heterocycles. The minimum atomic E-state index is -4.24. The van der Waals surface area contributed by atoms with Crippen molar-refractivity contribution in [1.82, 2.24) is 25.0 Å². The van der Waals surface area contributed by atoms with Gasteiger partial charge in [-0.05, 0) is 51.1 Å². The van der Waals surface area contributed by atoms with Crippen molar-refractivity contribution in [3.05, 3.63) is 54.5 Å². The third-order valence-electron chi connectivity index (χ3n) is 6.95. The van der Waals surface area contributed by atoms with Crippen molar-refractivity contribution < 1.29 is 38.1 Å². The Morgan fingerprint density at radius 3 is 2.83 bits per heavy atom. The molecule has 0 saturated carbocycles. The van der Waals surface area contributed by atoms with Crippen LogP contribution in [0.3, 0.4) is 0 Å². The molecule has 15 heteroatoms. The number of nitrogens with one attached hydrogen (secondary N) is 2. The molecular formula is C25H33N6O8P. The number of aliphatic hydroxyl groups excluding tert-OH is 2. The van der Waals surface area contributed by atoms with Gasteiger partial charge in [-0.3, -0.25) is 9.32 Å². The second-order valence-electron chi connectivity index (χ2n) is 10.1. The molecule has 0 radical (unpaired) electrons. The molecule has 0 aliphatic carbocycles. The quantitative estimate of drug-likeness (QED) is 0.169. The molecule has 0 spiro atoms. The first-order chi connectivity index (χ1) is 19.1. The molecule has 2 fully saturated rings. The summed E-state index contributed by atoms with van der Waals surface area (Å²) in [5.41, 5.74) is 5.33. The van der Waals surface area contributed by atoms with Crippen molar-refractivity contribution in [1.29, 1.82) is 0 Å². The number of carbonyl (C=O) groups is 1. The number of rotatable bonds is 10. The van der Waals surface area contributed by atoms with Gasteiger partial charge in [0.25, 0.3) is 0 Å². The van der Waals surface area contributed by atoms with Gasteiger partial charge in [0.2, 0.25) is 0 Å². The fourth-order valence-electron chi connectivity index (χ4n) is 4.71. The number of hydrogen-bond donors (Lipinski definition) is 5. The SMILES string of the molecule is C[C@H](NP(=O)(OC[C@@]1(C)O[C@@H](c2ccc3c(N)ncnn23)[C@H](O)[C@@H]1O)Oc1ccccc1)C(=O)O[C@@H]1CCNC1. The summed E-state index contributed by atoms with van der Waals surface area (Å²) in [5.74, 6) is -0.150. The predicted molar refractivity (Wildman–Crippen MR) is 142 cm³/mol. The van der Waals surface area contributed by atoms with E-state index in [9.17, 15) is 19.6 Å². The first kappa shape index (κ1) is 28.4. The summed E-state index contributed by atoms with van der Waals surface area (Å²) in [5, 5.41) is 31.8. The van der Waals surface area contributed by atoms with Crippen molar-refractivity contribution in [3.63, 3.8) is 0 Å². The van der Waals surface area contributed by atoms with Crippen LogP contribution in [0.4, 0.5) is 5.82 Å². The molecule has 2 aromatic heterocycles. The Kier molecular flexibility index (Phi) is 8.11. The molecule has 5 rings (SSSR count). The van der Waals surface area contributed by atoms with Gasteiger partial charge < -0.3 is 35.3 Å². The molecule has 0 amide bonds. The lowest BCUT2D eigenvalue weighted by atomic mass is 9.97. The maximum Gasteiger partial charge on any atom is 0.459 e. The first-order valence-corrected chi connectivity index (χ1v) is 14.4. The van der Waals surface area contributed by atoms with E-state index in [1.54, 1.807) is 42.5 Å². The summed E-state index contributed by atoms with van der Waals surface area (Å²) < 4.78 is 38.4. The highest BCUT2D eigenvalue weighted by Gasteiger charge is 2.54. The van der Waals surface area contributed by atoms with Gasteiger partial charge in [0.05, 0.1) is 12.3 Å². The molecule has 7 atom stereocenters. The van der Waals surface area contributed by atoms with Crippen LogP contribution in [-0.4, -0.2) is 80.4 Å². The number of benzene rings is 1. The lowest BCUT2D eigenvalue weighted by Crippen LogP contribution is -2.45. The molecule has 2 aliphatic rings. The number of carbonyl (C=O) groups excluding carboxylic acids is 1. The van der Waals surface area contributed by atoms with Gasteiger partial charge in [-0.2, -0.15) is 10.2 Å². The maximum absolute atomic E-state index is 13.9. The Morgan fingerprint density at radius 2 is 2.10 bits per heavy atom. The Balaban J connectivity index is 1.33. The molecule has 14 nitrogen and oxygen atoms in total. The van der Waals surface area contributed by atoms with E-state index < -0.39 is 50.3 Å². The van der Waals surface area contributed by atoms with Crippen LogP contribution in [0.5, 0.6) is 5.75 Å². The highest BCUT2D eigenvalue weighted by atomic mass is 31.2. The molecule has 40 heavy (non-hydrogen) atoms. The van der Waals surface area contributed by atoms with E-state index in [-0.39, 0.29) is 17.7 Å². The zero-order valence-corrected chi connectivity index (χ0v) is 22.9. The summed E-state index contributed by atoms with van der Waals surface area (Å²) in [4.78, 5) is 16.6. The molecule has 4 heterocycles. The monoisotopic (exact) mass is 576 g/mol. The molecule has 216 valence electrons. The van der Waals surface area contributed by atoms with E-state index in [1.165, 1.54) is 24.7 Å². The van der Waals surface area contributed by atoms with E-state index in [4.69, 9.17) is 24.3 Å². The van der Waals surface area contributed by atoms with E-state index >= 15 is 0 Å². The average molecular weight is 577 g/mol. The van der Waals surface area contributed by atoms with Crippen LogP contribution in [0, 0.1) is 0 Å². The average Bonchev–Trinajstić information content (AvgIpc) is 3.65. The minimum absolute atomic E-state index is 0.228. The number of esters is 1. The topological polar surface area (TPSA) is 192 Å². The van der Waals surface area contributed by atoms with Gasteiger partial charge in [0.1, 0.15) is 53.7 Å². The first-order valence-electron chi connectivity index (χ1n) is 12.9. The van der Waals surface area contributed by atoms with Crippen LogP contribution in [-0.2, 0) is 23.4 Å². The second kappa shape index (κ2) is 11.4. The Morgan fingerprint density at radius 1 is 1.32 bits per heavy atom. The van der Waals surface area contributed by atoms with E-state index in [0.717, 1.165) is 6.54 Å². The van der Waals surface area contributed by atoms with Gasteiger partial charge in [-0.15, -0.1) is 0 Å². The third kappa shape index (κ3) is 5.84. The smallest absolute Gasteiger partial charge is 0.459 e. The lowest BCUT2D eigenvalue weighted by molar-refractivity contribution is -0.149. The summed E-state index contributed by atoms with van der Waals surface area (Å²) >= 11 is 0. The molecular weight excluding hydrogens is 543 g/mol. The second-order valence-corrected chi connectivity index (χ2v) is 11.8. The van der Waals surface area contributed by atoms with E-state index in [0.29, 0.717) is 24.2 Å². The van der Waals surface area contributed by atoms with Crippen molar-refractivity contribution in [3.8, 4) is 5.75 Å². The number of aromatic nitrogens is 3.